The van der Waals surface area contributed by atoms with Crippen molar-refractivity contribution < 1.29 is 0 Å². The van der Waals surface area contributed by atoms with E-state index in [1.54, 1.807) is 25.7 Å². The Hall–Kier alpha value is -0.0400. The number of hydrogen-bond acceptors (Lipinski definition) is 1. The van der Waals surface area contributed by atoms with Gasteiger partial charge in [0.25, 0.3) is 0 Å². The second-order valence-electron chi connectivity index (χ2n) is 6.80. The molecule has 0 radical (unpaired) electrons. The van der Waals surface area contributed by atoms with Crippen LogP contribution in [0.2, 0.25) is 0 Å². The van der Waals surface area contributed by atoms with Crippen LogP contribution in [0.4, 0.5) is 0 Å². The van der Waals surface area contributed by atoms with E-state index < -0.39 is 0 Å². The van der Waals surface area contributed by atoms with Gasteiger partial charge in [0.15, 0.2) is 0 Å². The smallest absolute Gasteiger partial charge is 0.00979 e. The lowest BCUT2D eigenvalue weighted by molar-refractivity contribution is 0.170. The van der Waals surface area contributed by atoms with Crippen molar-refractivity contribution in [1.82, 2.24) is 5.32 Å². The lowest BCUT2D eigenvalue weighted by Crippen LogP contribution is -2.40. The Bertz CT molecular complexity index is 250. The largest absolute Gasteiger partial charge is 0.314 e. The zero-order chi connectivity index (χ0) is 11.7. The normalized spacial score (nSPS) is 46.1. The minimum Gasteiger partial charge on any atom is -0.314 e. The van der Waals surface area contributed by atoms with Crippen LogP contribution in [0, 0.1) is 23.7 Å². The van der Waals surface area contributed by atoms with Gasteiger partial charge in [-0.25, -0.2) is 0 Å². The Labute approximate surface area is 107 Å². The fourth-order valence-electron chi connectivity index (χ4n) is 5.18. The molecule has 5 unspecified atom stereocenters. The third kappa shape index (κ3) is 2.41. The molecule has 5 atom stereocenters. The maximum Gasteiger partial charge on any atom is 0.00979 e. The summed E-state index contributed by atoms with van der Waals surface area (Å²) < 4.78 is 0. The molecule has 3 saturated carbocycles. The molecule has 0 aliphatic heterocycles. The molecular formula is C16H29N. The summed E-state index contributed by atoms with van der Waals surface area (Å²) in [6.45, 7) is 3.45. The van der Waals surface area contributed by atoms with Crippen LogP contribution in [-0.2, 0) is 0 Å². The van der Waals surface area contributed by atoms with Gasteiger partial charge in [-0.15, -0.1) is 0 Å². The average Bonchev–Trinajstić information content (AvgIpc) is 2.88. The molecule has 1 heteroatoms. The quantitative estimate of drug-likeness (QED) is 0.730. The van der Waals surface area contributed by atoms with E-state index in [0.29, 0.717) is 0 Å². The van der Waals surface area contributed by atoms with E-state index in [0.717, 1.165) is 29.7 Å². The molecule has 0 heterocycles. The molecule has 3 aliphatic rings. The highest BCUT2D eigenvalue weighted by atomic mass is 14.9. The van der Waals surface area contributed by atoms with Gasteiger partial charge in [0.2, 0.25) is 0 Å². The number of nitrogens with one attached hydrogen (secondary N) is 1. The van der Waals surface area contributed by atoms with E-state index >= 15 is 0 Å². The summed E-state index contributed by atoms with van der Waals surface area (Å²) in [5.74, 6) is 4.35. The minimum absolute atomic E-state index is 0.854. The summed E-state index contributed by atoms with van der Waals surface area (Å²) in [6.07, 6.45) is 13.7. The van der Waals surface area contributed by atoms with E-state index in [-0.39, 0.29) is 0 Å². The fourth-order valence-corrected chi connectivity index (χ4v) is 5.18. The second kappa shape index (κ2) is 5.30. The van der Waals surface area contributed by atoms with Gasteiger partial charge in [-0.2, -0.15) is 0 Å². The first kappa shape index (κ1) is 12.0. The van der Waals surface area contributed by atoms with Crippen LogP contribution in [-0.4, -0.2) is 12.6 Å². The van der Waals surface area contributed by atoms with Gasteiger partial charge in [-0.3, -0.25) is 0 Å². The summed E-state index contributed by atoms with van der Waals surface area (Å²) in [5.41, 5.74) is 0. The SMILES string of the molecule is CCNC1CCCCCC1C1CC2CCC1C2. The molecule has 0 aromatic carbocycles. The predicted molar refractivity (Wildman–Crippen MR) is 73.0 cm³/mol. The van der Waals surface area contributed by atoms with E-state index in [4.69, 9.17) is 0 Å². The highest BCUT2D eigenvalue weighted by Gasteiger charge is 2.44. The van der Waals surface area contributed by atoms with Gasteiger partial charge in [-0.05, 0) is 62.3 Å². The first-order valence-corrected chi connectivity index (χ1v) is 8.12. The molecule has 17 heavy (non-hydrogen) atoms. The molecule has 2 bridgehead atoms. The van der Waals surface area contributed by atoms with Gasteiger partial charge in [0.05, 0.1) is 0 Å². The lowest BCUT2D eigenvalue weighted by Gasteiger charge is -2.35. The molecular weight excluding hydrogens is 206 g/mol. The molecule has 0 saturated heterocycles. The zero-order valence-electron chi connectivity index (χ0n) is 11.5. The maximum atomic E-state index is 3.81. The minimum atomic E-state index is 0.854. The van der Waals surface area contributed by atoms with E-state index in [1.807, 2.05) is 0 Å². The molecule has 0 amide bonds. The maximum absolute atomic E-state index is 3.81. The van der Waals surface area contributed by atoms with Crippen LogP contribution in [0.5, 0.6) is 0 Å². The highest BCUT2D eigenvalue weighted by molar-refractivity contribution is 4.96. The van der Waals surface area contributed by atoms with Crippen LogP contribution in [0.1, 0.15) is 64.7 Å². The molecule has 0 aromatic rings. The molecule has 3 rings (SSSR count). The first-order valence-electron chi connectivity index (χ1n) is 8.12. The van der Waals surface area contributed by atoms with Crippen molar-refractivity contribution >= 4 is 0 Å². The summed E-state index contributed by atoms with van der Waals surface area (Å²) in [5, 5.41) is 3.81. The van der Waals surface area contributed by atoms with Crippen molar-refractivity contribution in [3.05, 3.63) is 0 Å². The average molecular weight is 235 g/mol. The van der Waals surface area contributed by atoms with Gasteiger partial charge in [0.1, 0.15) is 0 Å². The predicted octanol–water partition coefficient (Wildman–Crippen LogP) is 3.98. The number of fused-ring (bicyclic) bond motifs is 2. The Morgan fingerprint density at radius 2 is 1.76 bits per heavy atom. The fraction of sp³-hybridized carbons (Fsp3) is 1.00. The van der Waals surface area contributed by atoms with Crippen molar-refractivity contribution in [2.24, 2.45) is 23.7 Å². The van der Waals surface area contributed by atoms with Gasteiger partial charge < -0.3 is 5.32 Å². The van der Waals surface area contributed by atoms with E-state index in [2.05, 4.69) is 12.2 Å². The third-order valence-electron chi connectivity index (χ3n) is 5.88. The molecule has 98 valence electrons. The van der Waals surface area contributed by atoms with Crippen molar-refractivity contribution in [3.8, 4) is 0 Å². The van der Waals surface area contributed by atoms with Crippen LogP contribution in [0.3, 0.4) is 0 Å². The number of rotatable bonds is 3. The second-order valence-corrected chi connectivity index (χ2v) is 6.80. The molecule has 1 N–H and O–H groups in total. The lowest BCUT2D eigenvalue weighted by atomic mass is 9.74. The Kier molecular flexibility index (Phi) is 3.75. The van der Waals surface area contributed by atoms with Crippen LogP contribution in [0.15, 0.2) is 0 Å². The van der Waals surface area contributed by atoms with Crippen molar-refractivity contribution in [2.45, 2.75) is 70.8 Å². The Morgan fingerprint density at radius 3 is 2.47 bits per heavy atom. The Morgan fingerprint density at radius 1 is 0.882 bits per heavy atom. The van der Waals surface area contributed by atoms with Gasteiger partial charge >= 0.3 is 0 Å². The van der Waals surface area contributed by atoms with Crippen molar-refractivity contribution in [3.63, 3.8) is 0 Å². The number of hydrogen-bond donors (Lipinski definition) is 1. The molecule has 0 aromatic heterocycles. The van der Waals surface area contributed by atoms with Crippen LogP contribution in [0.25, 0.3) is 0 Å². The van der Waals surface area contributed by atoms with E-state index in [9.17, 15) is 0 Å². The third-order valence-corrected chi connectivity index (χ3v) is 5.88. The summed E-state index contributed by atoms with van der Waals surface area (Å²) in [7, 11) is 0. The first-order chi connectivity index (χ1) is 8.38. The highest BCUT2D eigenvalue weighted by Crippen LogP contribution is 2.53. The Balaban J connectivity index is 1.69. The topological polar surface area (TPSA) is 12.0 Å². The molecule has 1 nitrogen and oxygen atoms in total. The van der Waals surface area contributed by atoms with Crippen molar-refractivity contribution in [1.29, 1.82) is 0 Å². The van der Waals surface area contributed by atoms with E-state index in [1.165, 1.54) is 38.6 Å². The van der Waals surface area contributed by atoms with Crippen LogP contribution < -0.4 is 5.32 Å². The standard InChI is InChI=1S/C16H29N/c1-2-17-16-7-5-3-4-6-14(16)15-11-12-8-9-13(15)10-12/h12-17H,2-11H2,1H3. The van der Waals surface area contributed by atoms with Crippen molar-refractivity contribution in [2.75, 3.05) is 6.54 Å². The monoisotopic (exact) mass is 235 g/mol. The summed E-state index contributed by atoms with van der Waals surface area (Å²) in [4.78, 5) is 0. The van der Waals surface area contributed by atoms with Crippen LogP contribution >= 0.6 is 0 Å². The molecule has 0 spiro atoms. The zero-order valence-corrected chi connectivity index (χ0v) is 11.5. The molecule has 3 fully saturated rings. The molecule has 3 aliphatic carbocycles. The summed E-state index contributed by atoms with van der Waals surface area (Å²) in [6, 6.07) is 0.854. The van der Waals surface area contributed by atoms with Gasteiger partial charge in [-0.1, -0.05) is 32.6 Å². The van der Waals surface area contributed by atoms with Gasteiger partial charge in [0, 0.05) is 6.04 Å². The summed E-state index contributed by atoms with van der Waals surface area (Å²) >= 11 is 0.